The SMILES string of the molecule is O=C(C1CCN(C(=O)C2CCCO2)CC1)N1CCC(c2ccncc2)CC1. The van der Waals surface area contributed by atoms with E-state index in [2.05, 4.69) is 17.1 Å². The summed E-state index contributed by atoms with van der Waals surface area (Å²) in [7, 11) is 0. The van der Waals surface area contributed by atoms with Gasteiger partial charge in [0.15, 0.2) is 0 Å². The van der Waals surface area contributed by atoms with Crippen LogP contribution in [0.4, 0.5) is 0 Å². The Balaban J connectivity index is 1.24. The number of carbonyl (C=O) groups excluding carboxylic acids is 2. The largest absolute Gasteiger partial charge is 0.368 e. The molecule has 3 fully saturated rings. The molecule has 3 aliphatic rings. The molecule has 1 unspecified atom stereocenters. The molecule has 0 N–H and O–H groups in total. The first-order valence-electron chi connectivity index (χ1n) is 10.3. The Kier molecular flexibility index (Phi) is 5.72. The number of pyridine rings is 1. The summed E-state index contributed by atoms with van der Waals surface area (Å²) in [5, 5.41) is 0. The molecule has 146 valence electrons. The first kappa shape index (κ1) is 18.4. The fraction of sp³-hybridized carbons (Fsp3) is 0.667. The van der Waals surface area contributed by atoms with Crippen molar-refractivity contribution in [2.75, 3.05) is 32.8 Å². The van der Waals surface area contributed by atoms with Crippen LogP contribution in [0.2, 0.25) is 0 Å². The van der Waals surface area contributed by atoms with Crippen molar-refractivity contribution in [2.45, 2.75) is 50.5 Å². The Morgan fingerprint density at radius 1 is 0.889 bits per heavy atom. The molecule has 0 spiro atoms. The molecular weight excluding hydrogens is 342 g/mol. The van der Waals surface area contributed by atoms with Crippen molar-refractivity contribution in [3.63, 3.8) is 0 Å². The van der Waals surface area contributed by atoms with Crippen molar-refractivity contribution in [2.24, 2.45) is 5.92 Å². The summed E-state index contributed by atoms with van der Waals surface area (Å²) in [6.07, 6.45) is 8.85. The normalized spacial score (nSPS) is 25.0. The van der Waals surface area contributed by atoms with E-state index in [1.54, 1.807) is 0 Å². The molecule has 1 aromatic rings. The van der Waals surface area contributed by atoms with E-state index in [0.717, 1.165) is 51.6 Å². The maximum atomic E-state index is 12.9. The average Bonchev–Trinajstić information content (AvgIpc) is 3.28. The minimum Gasteiger partial charge on any atom is -0.368 e. The number of nitrogens with zero attached hydrogens (tertiary/aromatic N) is 3. The summed E-state index contributed by atoms with van der Waals surface area (Å²) in [6, 6.07) is 4.17. The molecule has 6 heteroatoms. The number of piperidine rings is 2. The maximum Gasteiger partial charge on any atom is 0.251 e. The summed E-state index contributed by atoms with van der Waals surface area (Å²) < 4.78 is 5.51. The van der Waals surface area contributed by atoms with Crippen molar-refractivity contribution in [3.8, 4) is 0 Å². The van der Waals surface area contributed by atoms with Crippen molar-refractivity contribution >= 4 is 11.8 Å². The van der Waals surface area contributed by atoms with Crippen molar-refractivity contribution in [1.29, 1.82) is 0 Å². The molecule has 4 rings (SSSR count). The fourth-order valence-electron chi connectivity index (χ4n) is 4.65. The topological polar surface area (TPSA) is 62.7 Å². The van der Waals surface area contributed by atoms with Gasteiger partial charge >= 0.3 is 0 Å². The third-order valence-electron chi connectivity index (χ3n) is 6.35. The lowest BCUT2D eigenvalue weighted by atomic mass is 9.88. The highest BCUT2D eigenvalue weighted by Crippen LogP contribution is 2.30. The van der Waals surface area contributed by atoms with Gasteiger partial charge in [-0.15, -0.1) is 0 Å². The van der Waals surface area contributed by atoms with Gasteiger partial charge < -0.3 is 14.5 Å². The third-order valence-corrected chi connectivity index (χ3v) is 6.35. The van der Waals surface area contributed by atoms with Crippen molar-refractivity contribution in [3.05, 3.63) is 30.1 Å². The van der Waals surface area contributed by atoms with Crippen molar-refractivity contribution < 1.29 is 14.3 Å². The van der Waals surface area contributed by atoms with Crippen LogP contribution in [0.5, 0.6) is 0 Å². The third kappa shape index (κ3) is 4.15. The van der Waals surface area contributed by atoms with Gasteiger partial charge in [0.2, 0.25) is 5.91 Å². The predicted molar refractivity (Wildman–Crippen MR) is 101 cm³/mol. The van der Waals surface area contributed by atoms with E-state index in [1.807, 2.05) is 22.2 Å². The van der Waals surface area contributed by atoms with Gasteiger partial charge in [-0.05, 0) is 62.1 Å². The van der Waals surface area contributed by atoms with E-state index in [0.29, 0.717) is 25.6 Å². The summed E-state index contributed by atoms with van der Waals surface area (Å²) in [5.41, 5.74) is 1.33. The second-order valence-corrected chi connectivity index (χ2v) is 7.98. The lowest BCUT2D eigenvalue weighted by Crippen LogP contribution is -2.48. The highest BCUT2D eigenvalue weighted by molar-refractivity contribution is 5.82. The number of amides is 2. The monoisotopic (exact) mass is 371 g/mol. The number of rotatable bonds is 3. The molecule has 0 radical (unpaired) electrons. The molecule has 2 amide bonds. The highest BCUT2D eigenvalue weighted by Gasteiger charge is 2.35. The molecule has 4 heterocycles. The van der Waals surface area contributed by atoms with Gasteiger partial charge in [-0.1, -0.05) is 0 Å². The Morgan fingerprint density at radius 2 is 1.52 bits per heavy atom. The van der Waals surface area contributed by atoms with Crippen LogP contribution in [0, 0.1) is 5.92 Å². The van der Waals surface area contributed by atoms with Gasteiger partial charge in [0.1, 0.15) is 6.10 Å². The van der Waals surface area contributed by atoms with Gasteiger partial charge in [-0.25, -0.2) is 0 Å². The lowest BCUT2D eigenvalue weighted by Gasteiger charge is -2.37. The Labute approximate surface area is 160 Å². The van der Waals surface area contributed by atoms with Crippen LogP contribution in [-0.4, -0.2) is 65.5 Å². The van der Waals surface area contributed by atoms with Gasteiger partial charge in [0.05, 0.1) is 0 Å². The van der Waals surface area contributed by atoms with Gasteiger partial charge in [-0.3, -0.25) is 14.6 Å². The number of hydrogen-bond donors (Lipinski definition) is 0. The van der Waals surface area contributed by atoms with Gasteiger partial charge in [-0.2, -0.15) is 0 Å². The van der Waals surface area contributed by atoms with Gasteiger partial charge in [0.25, 0.3) is 5.91 Å². The fourth-order valence-corrected chi connectivity index (χ4v) is 4.65. The van der Waals surface area contributed by atoms with Crippen LogP contribution in [-0.2, 0) is 14.3 Å². The molecule has 0 saturated carbocycles. The second kappa shape index (κ2) is 8.38. The standard InChI is InChI=1S/C21H29N3O3/c25-20(23-11-5-17(6-12-23)16-3-9-22-10-4-16)18-7-13-24(14-8-18)21(26)19-2-1-15-27-19/h3-4,9-10,17-19H,1-2,5-8,11-15H2. The summed E-state index contributed by atoms with van der Waals surface area (Å²) in [6.45, 7) is 3.73. The zero-order chi connectivity index (χ0) is 18.6. The molecule has 0 bridgehead atoms. The number of carbonyl (C=O) groups is 2. The van der Waals surface area contributed by atoms with Crippen LogP contribution in [0.25, 0.3) is 0 Å². The summed E-state index contributed by atoms with van der Waals surface area (Å²) in [4.78, 5) is 33.4. The van der Waals surface area contributed by atoms with E-state index in [4.69, 9.17) is 4.74 Å². The molecular formula is C21H29N3O3. The molecule has 3 aliphatic heterocycles. The molecule has 6 nitrogen and oxygen atoms in total. The number of hydrogen-bond acceptors (Lipinski definition) is 4. The zero-order valence-electron chi connectivity index (χ0n) is 15.9. The molecule has 0 aromatic carbocycles. The number of ether oxygens (including phenoxy) is 1. The summed E-state index contributed by atoms with van der Waals surface area (Å²) in [5.74, 6) is 1.00. The quantitative estimate of drug-likeness (QED) is 0.817. The average molecular weight is 371 g/mol. The summed E-state index contributed by atoms with van der Waals surface area (Å²) >= 11 is 0. The molecule has 1 atom stereocenters. The molecule has 1 aromatic heterocycles. The van der Waals surface area contributed by atoms with Crippen LogP contribution in [0.3, 0.4) is 0 Å². The van der Waals surface area contributed by atoms with E-state index in [-0.39, 0.29) is 23.8 Å². The highest BCUT2D eigenvalue weighted by atomic mass is 16.5. The molecule has 3 saturated heterocycles. The minimum absolute atomic E-state index is 0.0658. The molecule has 27 heavy (non-hydrogen) atoms. The lowest BCUT2D eigenvalue weighted by molar-refractivity contribution is -0.146. The van der Waals surface area contributed by atoms with Gasteiger partial charge in [0, 0.05) is 51.1 Å². The predicted octanol–water partition coefficient (Wildman–Crippen LogP) is 2.21. The number of likely N-dealkylation sites (tertiary alicyclic amines) is 2. The first-order valence-corrected chi connectivity index (χ1v) is 10.3. The van der Waals surface area contributed by atoms with Crippen LogP contribution < -0.4 is 0 Å². The van der Waals surface area contributed by atoms with E-state index < -0.39 is 0 Å². The Bertz CT molecular complexity index is 644. The zero-order valence-corrected chi connectivity index (χ0v) is 15.9. The Morgan fingerprint density at radius 3 is 2.15 bits per heavy atom. The Hall–Kier alpha value is -1.95. The van der Waals surface area contributed by atoms with Crippen molar-refractivity contribution in [1.82, 2.24) is 14.8 Å². The first-order chi connectivity index (χ1) is 13.2. The molecule has 0 aliphatic carbocycles. The van der Waals surface area contributed by atoms with E-state index >= 15 is 0 Å². The van der Waals surface area contributed by atoms with Crippen LogP contribution in [0.15, 0.2) is 24.5 Å². The second-order valence-electron chi connectivity index (χ2n) is 7.98. The van der Waals surface area contributed by atoms with E-state index in [9.17, 15) is 9.59 Å². The maximum absolute atomic E-state index is 12.9. The smallest absolute Gasteiger partial charge is 0.251 e. The van der Waals surface area contributed by atoms with Crippen LogP contribution in [0.1, 0.15) is 50.0 Å². The minimum atomic E-state index is -0.246. The number of aromatic nitrogens is 1. The van der Waals surface area contributed by atoms with E-state index in [1.165, 1.54) is 5.56 Å². The van der Waals surface area contributed by atoms with Crippen LogP contribution >= 0.6 is 0 Å².